The number of fused-ring (bicyclic) bond motifs is 3. The summed E-state index contributed by atoms with van der Waals surface area (Å²) in [5.41, 5.74) is 8.40. The van der Waals surface area contributed by atoms with Crippen LogP contribution in [0.5, 0.6) is 0 Å². The van der Waals surface area contributed by atoms with Crippen molar-refractivity contribution >= 4 is 39.9 Å². The van der Waals surface area contributed by atoms with Crippen LogP contribution < -0.4 is 5.73 Å². The van der Waals surface area contributed by atoms with Gasteiger partial charge in [0, 0.05) is 34.0 Å². The van der Waals surface area contributed by atoms with Crippen molar-refractivity contribution in [2.24, 2.45) is 0 Å². The Morgan fingerprint density at radius 3 is 2.43 bits per heavy atom. The molecule has 3 aromatic rings. The van der Waals surface area contributed by atoms with Crippen LogP contribution in [0.25, 0.3) is 21.8 Å². The molecule has 112 valence electrons. The molecule has 0 saturated heterocycles. The van der Waals surface area contributed by atoms with Crippen LogP contribution in [0.2, 0.25) is 0 Å². The third-order valence-corrected chi connectivity index (χ3v) is 3.74. The van der Waals surface area contributed by atoms with Crippen LogP contribution in [0.4, 0.5) is 5.69 Å². The second kappa shape index (κ2) is 5.58. The lowest BCUT2D eigenvalue weighted by Crippen LogP contribution is -2.20. The van der Waals surface area contributed by atoms with Gasteiger partial charge in [0.1, 0.15) is 0 Å². The summed E-state index contributed by atoms with van der Waals surface area (Å²) in [6, 6.07) is 14.4. The Morgan fingerprint density at radius 2 is 1.71 bits per heavy atom. The smallest absolute Gasteiger partial charge is 0.0608 e. The first-order valence-corrected chi connectivity index (χ1v) is 6.94. The predicted molar refractivity (Wildman–Crippen MR) is 92.0 cm³/mol. The number of hydrogen-bond donors (Lipinski definition) is 2. The Balaban J connectivity index is 0.00000161. The van der Waals surface area contributed by atoms with Crippen LogP contribution in [-0.4, -0.2) is 15.3 Å². The van der Waals surface area contributed by atoms with E-state index in [1.807, 2.05) is 38.1 Å². The fraction of sp³-hybridized carbons (Fsp3) is 0.294. The summed E-state index contributed by atoms with van der Waals surface area (Å²) in [6.07, 6.45) is 0.713. The number of nitrogens with zero attached hydrogens (tertiary/aromatic N) is 1. The normalized spacial score (nSPS) is 11.8. The fourth-order valence-corrected chi connectivity index (χ4v) is 2.70. The lowest BCUT2D eigenvalue weighted by Gasteiger charge is -2.18. The lowest BCUT2D eigenvalue weighted by atomic mass is 10.1. The molecule has 21 heavy (non-hydrogen) atoms. The molecule has 0 atom stereocenters. The van der Waals surface area contributed by atoms with Crippen molar-refractivity contribution in [3.8, 4) is 0 Å². The van der Waals surface area contributed by atoms with Gasteiger partial charge in [0.2, 0.25) is 0 Å². The van der Waals surface area contributed by atoms with Crippen molar-refractivity contribution in [1.82, 2.24) is 4.57 Å². The summed E-state index contributed by atoms with van der Waals surface area (Å²) in [6.45, 7) is 4.48. The maximum absolute atomic E-state index is 9.97. The van der Waals surface area contributed by atoms with E-state index in [4.69, 9.17) is 5.73 Å². The van der Waals surface area contributed by atoms with E-state index in [9.17, 15) is 5.11 Å². The number of nitrogens with two attached hydrogens (primary N) is 1. The number of aryl methyl sites for hydroxylation is 1. The minimum absolute atomic E-state index is 0. The monoisotopic (exact) mass is 304 g/mol. The number of benzene rings is 2. The van der Waals surface area contributed by atoms with Gasteiger partial charge in [-0.3, -0.25) is 0 Å². The third kappa shape index (κ3) is 2.99. The zero-order chi connectivity index (χ0) is 14.3. The van der Waals surface area contributed by atoms with E-state index in [0.717, 1.165) is 12.2 Å². The highest BCUT2D eigenvalue weighted by Gasteiger charge is 2.15. The number of halogens is 1. The number of nitrogen functional groups attached to an aromatic ring is 1. The van der Waals surface area contributed by atoms with Crippen LogP contribution in [0, 0.1) is 0 Å². The van der Waals surface area contributed by atoms with Gasteiger partial charge in [0.15, 0.2) is 0 Å². The average molecular weight is 305 g/mol. The van der Waals surface area contributed by atoms with Crippen molar-refractivity contribution in [3.05, 3.63) is 42.5 Å². The molecule has 0 aliphatic heterocycles. The number of anilines is 1. The van der Waals surface area contributed by atoms with Crippen LogP contribution in [0.3, 0.4) is 0 Å². The highest BCUT2D eigenvalue weighted by molar-refractivity contribution is 6.08. The van der Waals surface area contributed by atoms with Gasteiger partial charge >= 0.3 is 0 Å². The van der Waals surface area contributed by atoms with E-state index in [1.54, 1.807) is 0 Å². The molecule has 0 aliphatic carbocycles. The molecule has 3 nitrogen and oxygen atoms in total. The third-order valence-electron chi connectivity index (χ3n) is 3.74. The zero-order valence-electron chi connectivity index (χ0n) is 12.3. The Kier molecular flexibility index (Phi) is 4.17. The quantitative estimate of drug-likeness (QED) is 0.720. The number of aromatic nitrogens is 1. The summed E-state index contributed by atoms with van der Waals surface area (Å²) in [4.78, 5) is 0. The first-order chi connectivity index (χ1) is 9.46. The van der Waals surface area contributed by atoms with Crippen molar-refractivity contribution in [3.63, 3.8) is 0 Å². The van der Waals surface area contributed by atoms with Crippen molar-refractivity contribution < 1.29 is 5.11 Å². The summed E-state index contributed by atoms with van der Waals surface area (Å²) < 4.78 is 2.27. The number of para-hydroxylation sites is 1. The van der Waals surface area contributed by atoms with Crippen LogP contribution in [-0.2, 0) is 6.54 Å². The Labute approximate surface area is 130 Å². The van der Waals surface area contributed by atoms with Crippen LogP contribution in [0.1, 0.15) is 20.3 Å². The largest absolute Gasteiger partial charge is 0.399 e. The molecule has 4 heteroatoms. The summed E-state index contributed by atoms with van der Waals surface area (Å²) in [5, 5.41) is 12.4. The SMILES string of the molecule is CC(C)(O)CCn1c2ccccc2c2cc(N)ccc21.Cl. The molecule has 2 aromatic carbocycles. The van der Waals surface area contributed by atoms with Gasteiger partial charge in [-0.2, -0.15) is 0 Å². The molecule has 0 saturated carbocycles. The highest BCUT2D eigenvalue weighted by atomic mass is 35.5. The van der Waals surface area contributed by atoms with Crippen LogP contribution in [0.15, 0.2) is 42.5 Å². The first kappa shape index (κ1) is 15.7. The van der Waals surface area contributed by atoms with Crippen molar-refractivity contribution in [2.45, 2.75) is 32.4 Å². The van der Waals surface area contributed by atoms with E-state index in [2.05, 4.69) is 22.8 Å². The predicted octanol–water partition coefficient (Wildman–Crippen LogP) is 3.96. The molecule has 0 aliphatic rings. The molecule has 0 spiro atoms. The van der Waals surface area contributed by atoms with Crippen molar-refractivity contribution in [1.29, 1.82) is 0 Å². The van der Waals surface area contributed by atoms with Gasteiger partial charge in [-0.15, -0.1) is 12.4 Å². The Hall–Kier alpha value is -1.71. The molecule has 0 bridgehead atoms. The van der Waals surface area contributed by atoms with Gasteiger partial charge in [0.25, 0.3) is 0 Å². The Bertz CT molecular complexity index is 771. The molecule has 0 amide bonds. The van der Waals surface area contributed by atoms with Gasteiger partial charge < -0.3 is 15.4 Å². The number of rotatable bonds is 3. The van der Waals surface area contributed by atoms with Gasteiger partial charge in [-0.25, -0.2) is 0 Å². The van der Waals surface area contributed by atoms with Crippen molar-refractivity contribution in [2.75, 3.05) is 5.73 Å². The molecule has 0 unspecified atom stereocenters. The molecule has 0 fully saturated rings. The number of aliphatic hydroxyl groups is 1. The lowest BCUT2D eigenvalue weighted by molar-refractivity contribution is 0.0669. The molecule has 3 rings (SSSR count). The molecule has 1 aromatic heterocycles. The molecule has 0 radical (unpaired) electrons. The first-order valence-electron chi connectivity index (χ1n) is 6.94. The zero-order valence-corrected chi connectivity index (χ0v) is 13.2. The summed E-state index contributed by atoms with van der Waals surface area (Å²) in [5.74, 6) is 0. The maximum atomic E-state index is 9.97. The van der Waals surface area contributed by atoms with E-state index >= 15 is 0 Å². The highest BCUT2D eigenvalue weighted by Crippen LogP contribution is 2.31. The number of hydrogen-bond acceptors (Lipinski definition) is 2. The van der Waals surface area contributed by atoms with E-state index in [0.29, 0.717) is 6.42 Å². The second-order valence-electron chi connectivity index (χ2n) is 6.01. The summed E-state index contributed by atoms with van der Waals surface area (Å²) >= 11 is 0. The topological polar surface area (TPSA) is 51.2 Å². The standard InChI is InChI=1S/C17H20N2O.ClH/c1-17(2,20)9-10-19-15-6-4-3-5-13(15)14-11-12(18)7-8-16(14)19;/h3-8,11,20H,9-10,18H2,1-2H3;1H. The fourth-order valence-electron chi connectivity index (χ4n) is 2.70. The van der Waals surface area contributed by atoms with E-state index < -0.39 is 5.60 Å². The molecular formula is C17H21ClN2O. The van der Waals surface area contributed by atoms with Gasteiger partial charge in [-0.05, 0) is 44.5 Å². The Morgan fingerprint density at radius 1 is 1.05 bits per heavy atom. The van der Waals surface area contributed by atoms with E-state index in [-0.39, 0.29) is 12.4 Å². The maximum Gasteiger partial charge on any atom is 0.0608 e. The minimum Gasteiger partial charge on any atom is -0.399 e. The van der Waals surface area contributed by atoms with Gasteiger partial charge in [-0.1, -0.05) is 18.2 Å². The second-order valence-corrected chi connectivity index (χ2v) is 6.01. The van der Waals surface area contributed by atoms with Crippen LogP contribution >= 0.6 is 12.4 Å². The average Bonchev–Trinajstić information content (AvgIpc) is 2.69. The molecular weight excluding hydrogens is 284 g/mol. The summed E-state index contributed by atoms with van der Waals surface area (Å²) in [7, 11) is 0. The molecule has 1 heterocycles. The minimum atomic E-state index is -0.661. The van der Waals surface area contributed by atoms with Gasteiger partial charge in [0.05, 0.1) is 5.60 Å². The molecule has 3 N–H and O–H groups in total. The van der Waals surface area contributed by atoms with E-state index in [1.165, 1.54) is 21.8 Å².